The number of nitrogens with zero attached hydrogens (tertiary/aromatic N) is 1. The van der Waals surface area contributed by atoms with Crippen molar-refractivity contribution in [2.75, 3.05) is 18.6 Å². The molecule has 1 aliphatic heterocycles. The van der Waals surface area contributed by atoms with Crippen molar-refractivity contribution >= 4 is 35.3 Å². The molecule has 0 bridgehead atoms. The van der Waals surface area contributed by atoms with Crippen LogP contribution in [0.1, 0.15) is 48.7 Å². The fourth-order valence-electron chi connectivity index (χ4n) is 3.79. The van der Waals surface area contributed by atoms with Crippen molar-refractivity contribution in [2.24, 2.45) is 0 Å². The van der Waals surface area contributed by atoms with Gasteiger partial charge in [-0.3, -0.25) is 4.79 Å². The molecule has 2 aromatic carbocycles. The first-order valence-electron chi connectivity index (χ1n) is 10.8. The van der Waals surface area contributed by atoms with Crippen LogP contribution in [-0.4, -0.2) is 43.3 Å². The number of alkyl carbamates (subject to hydrolysis) is 1. The van der Waals surface area contributed by atoms with Crippen molar-refractivity contribution in [3.8, 4) is 0 Å². The summed E-state index contributed by atoms with van der Waals surface area (Å²) in [6.45, 7) is 5.85. The van der Waals surface area contributed by atoms with Crippen LogP contribution < -0.4 is 10.2 Å². The van der Waals surface area contributed by atoms with E-state index in [-0.39, 0.29) is 12.3 Å². The number of carbonyl (C=O) groups is 3. The van der Waals surface area contributed by atoms with Gasteiger partial charge in [0.15, 0.2) is 0 Å². The maximum absolute atomic E-state index is 13.1. The highest BCUT2D eigenvalue weighted by molar-refractivity contribution is 6.34. The van der Waals surface area contributed by atoms with Gasteiger partial charge < -0.3 is 19.7 Å². The fraction of sp³-hybridized carbons (Fsp3) is 0.400. The fourth-order valence-corrected chi connectivity index (χ4v) is 4.01. The average Bonchev–Trinajstić information content (AvgIpc) is 2.76. The Morgan fingerprint density at radius 1 is 1.15 bits per heavy atom. The molecule has 0 spiro atoms. The standard InChI is InChI=1S/C25H29ClN2O5/c1-25(2,3)33-24(31)27-20(23(30)32-4)15-16-11-12-21-17(14-16)8-7-13-28(21)22(29)18-9-5-6-10-19(18)26/h5-6,9-12,14,20H,7-8,13,15H2,1-4H3,(H,27,31)/t20-/m0/s1. The number of ether oxygens (including phenoxy) is 2. The SMILES string of the molecule is COC(=O)[C@H](Cc1ccc2c(c1)CCCN2C(=O)c1ccccc1Cl)NC(=O)OC(C)(C)C. The second-order valence-electron chi connectivity index (χ2n) is 8.93. The summed E-state index contributed by atoms with van der Waals surface area (Å²) in [5.74, 6) is -0.706. The van der Waals surface area contributed by atoms with Crippen LogP contribution in [0.3, 0.4) is 0 Å². The molecular weight excluding hydrogens is 444 g/mol. The Balaban J connectivity index is 1.80. The number of hydrogen-bond acceptors (Lipinski definition) is 5. The van der Waals surface area contributed by atoms with Crippen LogP contribution in [0.15, 0.2) is 42.5 Å². The van der Waals surface area contributed by atoms with Gasteiger partial charge in [0.1, 0.15) is 11.6 Å². The molecule has 7 nitrogen and oxygen atoms in total. The van der Waals surface area contributed by atoms with Crippen molar-refractivity contribution in [1.82, 2.24) is 5.32 Å². The van der Waals surface area contributed by atoms with Gasteiger partial charge in [0.25, 0.3) is 5.91 Å². The summed E-state index contributed by atoms with van der Waals surface area (Å²) in [6.07, 6.45) is 1.16. The molecule has 176 valence electrons. The predicted octanol–water partition coefficient (Wildman–Crippen LogP) is 4.54. The lowest BCUT2D eigenvalue weighted by atomic mass is 9.96. The van der Waals surface area contributed by atoms with Crippen molar-refractivity contribution in [1.29, 1.82) is 0 Å². The third-order valence-electron chi connectivity index (χ3n) is 5.23. The van der Waals surface area contributed by atoms with E-state index < -0.39 is 23.7 Å². The summed E-state index contributed by atoms with van der Waals surface area (Å²) in [5, 5.41) is 3.01. The van der Waals surface area contributed by atoms with Crippen molar-refractivity contribution in [3.05, 3.63) is 64.2 Å². The van der Waals surface area contributed by atoms with Crippen LogP contribution in [0.25, 0.3) is 0 Å². The Labute approximate surface area is 199 Å². The molecule has 0 aliphatic carbocycles. The summed E-state index contributed by atoms with van der Waals surface area (Å²) in [6, 6.07) is 11.8. The average molecular weight is 473 g/mol. The maximum atomic E-state index is 13.1. The molecule has 1 heterocycles. The summed E-state index contributed by atoms with van der Waals surface area (Å²) in [7, 11) is 1.27. The van der Waals surface area contributed by atoms with E-state index in [1.54, 1.807) is 49.9 Å². The number of hydrogen-bond donors (Lipinski definition) is 1. The topological polar surface area (TPSA) is 84.9 Å². The second-order valence-corrected chi connectivity index (χ2v) is 9.34. The number of methoxy groups -OCH3 is 1. The monoisotopic (exact) mass is 472 g/mol. The lowest BCUT2D eigenvalue weighted by molar-refractivity contribution is -0.143. The highest BCUT2D eigenvalue weighted by Crippen LogP contribution is 2.31. The largest absolute Gasteiger partial charge is 0.467 e. The molecule has 1 N–H and O–H groups in total. The van der Waals surface area contributed by atoms with Gasteiger partial charge in [-0.2, -0.15) is 0 Å². The number of benzene rings is 2. The molecule has 2 amide bonds. The zero-order chi connectivity index (χ0) is 24.2. The number of halogens is 1. The molecule has 1 atom stereocenters. The molecule has 0 saturated carbocycles. The van der Waals surface area contributed by atoms with Gasteiger partial charge in [0.2, 0.25) is 0 Å². The van der Waals surface area contributed by atoms with Crippen LogP contribution in [0, 0.1) is 0 Å². The van der Waals surface area contributed by atoms with Crippen LogP contribution in [-0.2, 0) is 27.1 Å². The Morgan fingerprint density at radius 2 is 1.88 bits per heavy atom. The Hall–Kier alpha value is -3.06. The number of carbonyl (C=O) groups excluding carboxylic acids is 3. The number of nitrogens with one attached hydrogen (secondary N) is 1. The van der Waals surface area contributed by atoms with Crippen LogP contribution in [0.2, 0.25) is 5.02 Å². The maximum Gasteiger partial charge on any atom is 0.408 e. The van der Waals surface area contributed by atoms with E-state index in [1.165, 1.54) is 7.11 Å². The number of fused-ring (bicyclic) bond motifs is 1. The Kier molecular flexibility index (Phi) is 7.64. The van der Waals surface area contributed by atoms with Gasteiger partial charge in [-0.1, -0.05) is 35.9 Å². The molecule has 3 rings (SSSR count). The minimum absolute atomic E-state index is 0.145. The smallest absolute Gasteiger partial charge is 0.408 e. The minimum atomic E-state index is -0.896. The molecule has 0 aromatic heterocycles. The van der Waals surface area contributed by atoms with Crippen molar-refractivity contribution in [3.63, 3.8) is 0 Å². The van der Waals surface area contributed by atoms with Crippen molar-refractivity contribution in [2.45, 2.75) is 51.7 Å². The van der Waals surface area contributed by atoms with E-state index in [4.69, 9.17) is 21.1 Å². The van der Waals surface area contributed by atoms with Gasteiger partial charge in [-0.25, -0.2) is 9.59 Å². The molecule has 8 heteroatoms. The molecule has 1 aliphatic rings. The highest BCUT2D eigenvalue weighted by atomic mass is 35.5. The number of amides is 2. The number of esters is 1. The van der Waals surface area contributed by atoms with Crippen LogP contribution >= 0.6 is 11.6 Å². The zero-order valence-corrected chi connectivity index (χ0v) is 20.1. The quantitative estimate of drug-likeness (QED) is 0.645. The van der Waals surface area contributed by atoms with E-state index in [1.807, 2.05) is 18.2 Å². The van der Waals surface area contributed by atoms with Gasteiger partial charge in [-0.05, 0) is 62.9 Å². The Bertz CT molecular complexity index is 1050. The molecule has 2 aromatic rings. The van der Waals surface area contributed by atoms with Gasteiger partial charge >= 0.3 is 12.1 Å². The van der Waals surface area contributed by atoms with E-state index >= 15 is 0 Å². The molecule has 0 fully saturated rings. The molecular formula is C25H29ClN2O5. The first kappa shape index (κ1) is 24.6. The van der Waals surface area contributed by atoms with Crippen molar-refractivity contribution < 1.29 is 23.9 Å². The number of rotatable bonds is 5. The summed E-state index contributed by atoms with van der Waals surface area (Å²) in [4.78, 5) is 39.3. The van der Waals surface area contributed by atoms with E-state index in [0.717, 1.165) is 29.7 Å². The summed E-state index contributed by atoms with van der Waals surface area (Å²) >= 11 is 6.24. The number of aryl methyl sites for hydroxylation is 1. The van der Waals surface area contributed by atoms with Gasteiger partial charge in [0, 0.05) is 18.7 Å². The molecule has 0 radical (unpaired) electrons. The van der Waals surface area contributed by atoms with Crippen LogP contribution in [0.4, 0.5) is 10.5 Å². The van der Waals surface area contributed by atoms with Gasteiger partial charge in [-0.15, -0.1) is 0 Å². The molecule has 0 saturated heterocycles. The molecule has 33 heavy (non-hydrogen) atoms. The predicted molar refractivity (Wildman–Crippen MR) is 127 cm³/mol. The first-order valence-corrected chi connectivity index (χ1v) is 11.2. The second kappa shape index (κ2) is 10.3. The third kappa shape index (κ3) is 6.26. The lowest BCUT2D eigenvalue weighted by Crippen LogP contribution is -2.45. The summed E-state index contributed by atoms with van der Waals surface area (Å²) in [5.41, 5.74) is 2.44. The highest BCUT2D eigenvalue weighted by Gasteiger charge is 2.28. The number of anilines is 1. The minimum Gasteiger partial charge on any atom is -0.467 e. The normalized spacial score (nSPS) is 14.2. The lowest BCUT2D eigenvalue weighted by Gasteiger charge is -2.30. The van der Waals surface area contributed by atoms with E-state index in [0.29, 0.717) is 17.1 Å². The van der Waals surface area contributed by atoms with E-state index in [2.05, 4.69) is 5.32 Å². The zero-order valence-electron chi connectivity index (χ0n) is 19.3. The third-order valence-corrected chi connectivity index (χ3v) is 5.56. The van der Waals surface area contributed by atoms with Crippen LogP contribution in [0.5, 0.6) is 0 Å². The Morgan fingerprint density at radius 3 is 2.55 bits per heavy atom. The first-order chi connectivity index (χ1) is 15.6. The summed E-state index contributed by atoms with van der Waals surface area (Å²) < 4.78 is 10.1. The van der Waals surface area contributed by atoms with E-state index in [9.17, 15) is 14.4 Å². The molecule has 0 unspecified atom stereocenters. The van der Waals surface area contributed by atoms with Gasteiger partial charge in [0.05, 0.1) is 17.7 Å².